The fourth-order valence-electron chi connectivity index (χ4n) is 1.53. The number of rotatable bonds is 7. The van der Waals surface area contributed by atoms with Gasteiger partial charge in [-0.15, -0.1) is 0 Å². The molecule has 2 nitrogen and oxygen atoms in total. The lowest BCUT2D eigenvalue weighted by atomic mass is 9.94. The molecule has 72 valence electrons. The van der Waals surface area contributed by atoms with Crippen LogP contribution in [0.4, 0.5) is 0 Å². The monoisotopic (exact) mass is 171 g/mol. The van der Waals surface area contributed by atoms with E-state index in [4.69, 9.17) is 5.73 Å². The molecule has 2 N–H and O–H groups in total. The highest BCUT2D eigenvalue weighted by atomic mass is 16.1. The van der Waals surface area contributed by atoms with Crippen molar-refractivity contribution in [3.05, 3.63) is 0 Å². The third kappa shape index (κ3) is 6.20. The Kier molecular flexibility index (Phi) is 6.82. The number of hydrogen-bond donors (Lipinski definition) is 1. The lowest BCUT2D eigenvalue weighted by molar-refractivity contribution is -0.119. The fraction of sp³-hybridized carbons (Fsp3) is 0.900. The van der Waals surface area contributed by atoms with Crippen LogP contribution >= 0.6 is 0 Å². The molecule has 0 aromatic carbocycles. The van der Waals surface area contributed by atoms with E-state index in [1.54, 1.807) is 0 Å². The predicted molar refractivity (Wildman–Crippen MR) is 51.7 cm³/mol. The van der Waals surface area contributed by atoms with Gasteiger partial charge in [-0.1, -0.05) is 39.5 Å². The van der Waals surface area contributed by atoms with Crippen LogP contribution in [0.5, 0.6) is 0 Å². The standard InChI is InChI=1S/C10H21NO/c1-3-5-7-9(6-4-2)8-10(11)12/h9H,3-8H2,1-2H3,(H2,11,12). The highest BCUT2D eigenvalue weighted by Gasteiger charge is 2.09. The van der Waals surface area contributed by atoms with E-state index in [1.165, 1.54) is 12.8 Å². The minimum absolute atomic E-state index is 0.149. The highest BCUT2D eigenvalue weighted by Crippen LogP contribution is 2.17. The topological polar surface area (TPSA) is 43.1 Å². The normalized spacial score (nSPS) is 12.8. The molecule has 12 heavy (non-hydrogen) atoms. The van der Waals surface area contributed by atoms with E-state index in [0.717, 1.165) is 19.3 Å². The van der Waals surface area contributed by atoms with Crippen molar-refractivity contribution in [2.45, 2.75) is 52.4 Å². The highest BCUT2D eigenvalue weighted by molar-refractivity contribution is 5.73. The Balaban J connectivity index is 3.61. The molecule has 0 aliphatic heterocycles. The number of nitrogens with two attached hydrogens (primary N) is 1. The zero-order valence-corrected chi connectivity index (χ0v) is 8.31. The molecular formula is C10H21NO. The zero-order chi connectivity index (χ0) is 9.40. The first-order valence-corrected chi connectivity index (χ1v) is 4.99. The van der Waals surface area contributed by atoms with Crippen molar-refractivity contribution in [3.8, 4) is 0 Å². The number of amides is 1. The summed E-state index contributed by atoms with van der Waals surface area (Å²) < 4.78 is 0. The van der Waals surface area contributed by atoms with Crippen molar-refractivity contribution in [3.63, 3.8) is 0 Å². The van der Waals surface area contributed by atoms with Crippen molar-refractivity contribution in [1.29, 1.82) is 0 Å². The SMILES string of the molecule is CCCCC(CCC)CC(N)=O. The van der Waals surface area contributed by atoms with Crippen LogP contribution in [0.3, 0.4) is 0 Å². The lowest BCUT2D eigenvalue weighted by Crippen LogP contribution is -2.16. The minimum Gasteiger partial charge on any atom is -0.370 e. The van der Waals surface area contributed by atoms with Crippen LogP contribution in [-0.2, 0) is 4.79 Å². The smallest absolute Gasteiger partial charge is 0.217 e. The summed E-state index contributed by atoms with van der Waals surface area (Å²) in [5, 5.41) is 0. The Bertz CT molecular complexity index is 123. The number of carbonyl (C=O) groups excluding carboxylic acids is 1. The van der Waals surface area contributed by atoms with Gasteiger partial charge in [-0.2, -0.15) is 0 Å². The van der Waals surface area contributed by atoms with Gasteiger partial charge in [0.1, 0.15) is 0 Å². The van der Waals surface area contributed by atoms with E-state index in [1.807, 2.05) is 0 Å². The molecule has 0 aromatic heterocycles. The van der Waals surface area contributed by atoms with Crippen molar-refractivity contribution in [1.82, 2.24) is 0 Å². The van der Waals surface area contributed by atoms with Crippen LogP contribution in [-0.4, -0.2) is 5.91 Å². The van der Waals surface area contributed by atoms with Gasteiger partial charge < -0.3 is 5.73 Å². The van der Waals surface area contributed by atoms with Gasteiger partial charge >= 0.3 is 0 Å². The van der Waals surface area contributed by atoms with Crippen LogP contribution < -0.4 is 5.73 Å². The van der Waals surface area contributed by atoms with Gasteiger partial charge in [-0.3, -0.25) is 4.79 Å². The number of hydrogen-bond acceptors (Lipinski definition) is 1. The second-order valence-corrected chi connectivity index (χ2v) is 3.47. The average Bonchev–Trinajstić information content (AvgIpc) is 2.00. The lowest BCUT2D eigenvalue weighted by Gasteiger charge is -2.12. The summed E-state index contributed by atoms with van der Waals surface area (Å²) >= 11 is 0. The van der Waals surface area contributed by atoms with E-state index in [0.29, 0.717) is 12.3 Å². The first-order valence-electron chi connectivity index (χ1n) is 4.99. The Hall–Kier alpha value is -0.530. The fourth-order valence-corrected chi connectivity index (χ4v) is 1.53. The molecule has 0 bridgehead atoms. The van der Waals surface area contributed by atoms with E-state index in [-0.39, 0.29) is 5.91 Å². The van der Waals surface area contributed by atoms with Crippen molar-refractivity contribution < 1.29 is 4.79 Å². The molecule has 0 aliphatic carbocycles. The first-order chi connectivity index (χ1) is 5.70. The van der Waals surface area contributed by atoms with Gasteiger partial charge in [0.25, 0.3) is 0 Å². The number of unbranched alkanes of at least 4 members (excludes halogenated alkanes) is 1. The van der Waals surface area contributed by atoms with E-state index < -0.39 is 0 Å². The van der Waals surface area contributed by atoms with Crippen LogP contribution in [0.15, 0.2) is 0 Å². The van der Waals surface area contributed by atoms with Gasteiger partial charge in [0.15, 0.2) is 0 Å². The maximum absolute atomic E-state index is 10.7. The molecule has 0 aromatic rings. The van der Waals surface area contributed by atoms with E-state index in [2.05, 4.69) is 13.8 Å². The third-order valence-corrected chi connectivity index (χ3v) is 2.15. The van der Waals surface area contributed by atoms with Crippen molar-refractivity contribution in [2.75, 3.05) is 0 Å². The van der Waals surface area contributed by atoms with Gasteiger partial charge in [-0.05, 0) is 12.3 Å². The third-order valence-electron chi connectivity index (χ3n) is 2.15. The van der Waals surface area contributed by atoms with E-state index in [9.17, 15) is 4.79 Å². The Morgan fingerprint density at radius 2 is 1.92 bits per heavy atom. The summed E-state index contributed by atoms with van der Waals surface area (Å²) in [6.45, 7) is 4.33. The van der Waals surface area contributed by atoms with Gasteiger partial charge in [-0.25, -0.2) is 0 Å². The second-order valence-electron chi connectivity index (χ2n) is 3.47. The Morgan fingerprint density at radius 1 is 1.25 bits per heavy atom. The molecule has 0 saturated carbocycles. The summed E-state index contributed by atoms with van der Waals surface area (Å²) in [4.78, 5) is 10.7. The average molecular weight is 171 g/mol. The summed E-state index contributed by atoms with van der Waals surface area (Å²) in [5.41, 5.74) is 5.16. The first kappa shape index (κ1) is 11.5. The van der Waals surface area contributed by atoms with Crippen LogP contribution in [0.2, 0.25) is 0 Å². The molecule has 1 unspecified atom stereocenters. The summed E-state index contributed by atoms with van der Waals surface area (Å²) in [7, 11) is 0. The van der Waals surface area contributed by atoms with Gasteiger partial charge in [0.05, 0.1) is 0 Å². The largest absolute Gasteiger partial charge is 0.370 e. The van der Waals surface area contributed by atoms with Gasteiger partial charge in [0.2, 0.25) is 5.91 Å². The maximum Gasteiger partial charge on any atom is 0.217 e. The molecule has 1 amide bonds. The van der Waals surface area contributed by atoms with E-state index >= 15 is 0 Å². The molecule has 0 fully saturated rings. The Morgan fingerprint density at radius 3 is 2.33 bits per heavy atom. The second kappa shape index (κ2) is 7.14. The molecule has 0 spiro atoms. The molecule has 0 saturated heterocycles. The number of primary amides is 1. The quantitative estimate of drug-likeness (QED) is 0.628. The maximum atomic E-state index is 10.7. The van der Waals surface area contributed by atoms with Gasteiger partial charge in [0, 0.05) is 6.42 Å². The van der Waals surface area contributed by atoms with Crippen LogP contribution in [0, 0.1) is 5.92 Å². The summed E-state index contributed by atoms with van der Waals surface area (Å²) in [6.07, 6.45) is 6.46. The molecule has 2 heteroatoms. The molecule has 0 aliphatic rings. The molecular weight excluding hydrogens is 150 g/mol. The van der Waals surface area contributed by atoms with Crippen LogP contribution in [0.25, 0.3) is 0 Å². The van der Waals surface area contributed by atoms with Crippen molar-refractivity contribution in [2.24, 2.45) is 11.7 Å². The minimum atomic E-state index is -0.149. The molecule has 0 rings (SSSR count). The zero-order valence-electron chi connectivity index (χ0n) is 8.31. The van der Waals surface area contributed by atoms with Crippen LogP contribution in [0.1, 0.15) is 52.4 Å². The summed E-state index contributed by atoms with van der Waals surface area (Å²) in [5.74, 6) is 0.386. The summed E-state index contributed by atoms with van der Waals surface area (Å²) in [6, 6.07) is 0. The molecule has 1 atom stereocenters. The number of carbonyl (C=O) groups is 1. The molecule has 0 radical (unpaired) electrons. The predicted octanol–water partition coefficient (Wildman–Crippen LogP) is 2.47. The molecule has 0 heterocycles. The van der Waals surface area contributed by atoms with Crippen molar-refractivity contribution >= 4 is 5.91 Å². The Labute approximate surface area is 75.5 Å².